The van der Waals surface area contributed by atoms with Crippen LogP contribution >= 0.6 is 0 Å². The zero-order valence-corrected chi connectivity index (χ0v) is 28.4. The van der Waals surface area contributed by atoms with Crippen LogP contribution in [0.25, 0.3) is 0 Å². The fourth-order valence-corrected chi connectivity index (χ4v) is 12.0. The Kier molecular flexibility index (Phi) is 8.18. The van der Waals surface area contributed by atoms with Crippen LogP contribution in [0, 0.1) is 50.2 Å². The lowest BCUT2D eigenvalue weighted by molar-refractivity contribution is -0.297. The lowest BCUT2D eigenvalue weighted by atomic mass is 9.33. The summed E-state index contributed by atoms with van der Waals surface area (Å²) >= 11 is 0. The number of carbonyl (C=O) groups excluding carboxylic acids is 1. The molecule has 0 amide bonds. The quantitative estimate of drug-likeness (QED) is 0.195. The maximum absolute atomic E-state index is 14.4. The van der Waals surface area contributed by atoms with E-state index < -0.39 is 66.2 Å². The van der Waals surface area contributed by atoms with Crippen molar-refractivity contribution in [1.82, 2.24) is 0 Å². The number of esters is 1. The number of aliphatic hydroxyl groups excluding tert-OH is 5. The highest BCUT2D eigenvalue weighted by Crippen LogP contribution is 2.76. The van der Waals surface area contributed by atoms with Crippen molar-refractivity contribution in [3.8, 4) is 0 Å². The van der Waals surface area contributed by atoms with Crippen molar-refractivity contribution in [3.05, 3.63) is 11.6 Å². The van der Waals surface area contributed by atoms with Gasteiger partial charge < -0.3 is 40.1 Å². The first kappa shape index (κ1) is 34.3. The van der Waals surface area contributed by atoms with E-state index in [2.05, 4.69) is 40.7 Å². The molecule has 6 N–H and O–H groups in total. The molecule has 1 heterocycles. The number of allylic oxidation sites excluding steroid dienone is 2. The first-order chi connectivity index (χ1) is 21.3. The minimum Gasteiger partial charge on any atom is -0.481 e. The van der Waals surface area contributed by atoms with E-state index >= 15 is 0 Å². The second-order valence-corrected chi connectivity index (χ2v) is 17.6. The molecule has 0 spiro atoms. The number of rotatable bonds is 4. The molecule has 10 nitrogen and oxygen atoms in total. The Morgan fingerprint density at radius 1 is 0.870 bits per heavy atom. The topological polar surface area (TPSA) is 174 Å². The fraction of sp³-hybridized carbons (Fsp3) is 0.889. The zero-order valence-electron chi connectivity index (χ0n) is 28.4. The zero-order chi connectivity index (χ0) is 33.8. The van der Waals surface area contributed by atoms with E-state index in [-0.39, 0.29) is 39.4 Å². The Hall–Kier alpha value is -1.56. The van der Waals surface area contributed by atoms with Crippen LogP contribution in [0.1, 0.15) is 106 Å². The number of ether oxygens (including phenoxy) is 2. The highest BCUT2D eigenvalue weighted by Gasteiger charge is 2.71. The predicted octanol–water partition coefficient (Wildman–Crippen LogP) is 3.56. The summed E-state index contributed by atoms with van der Waals surface area (Å²) in [5, 5.41) is 62.4. The van der Waals surface area contributed by atoms with E-state index in [4.69, 9.17) is 9.47 Å². The lowest BCUT2D eigenvalue weighted by Gasteiger charge is -2.71. The van der Waals surface area contributed by atoms with Crippen LogP contribution in [0.4, 0.5) is 0 Å². The Balaban J connectivity index is 1.36. The average Bonchev–Trinajstić information content (AvgIpc) is 2.99. The summed E-state index contributed by atoms with van der Waals surface area (Å²) in [6.07, 6.45) is 1.20. The van der Waals surface area contributed by atoms with Crippen molar-refractivity contribution in [2.75, 3.05) is 6.61 Å². The summed E-state index contributed by atoms with van der Waals surface area (Å²) in [5.41, 5.74) is -1.39. The molecule has 14 atom stereocenters. The van der Waals surface area contributed by atoms with Crippen LogP contribution in [0.3, 0.4) is 0 Å². The summed E-state index contributed by atoms with van der Waals surface area (Å²) in [6.45, 7) is 12.6. The first-order valence-corrected chi connectivity index (χ1v) is 17.5. The van der Waals surface area contributed by atoms with Gasteiger partial charge in [0, 0.05) is 0 Å². The van der Waals surface area contributed by atoms with Crippen LogP contribution in [-0.2, 0) is 19.1 Å². The smallest absolute Gasteiger partial charge is 0.315 e. The summed E-state index contributed by atoms with van der Waals surface area (Å²) in [4.78, 5) is 27.1. The Morgan fingerprint density at radius 2 is 1.54 bits per heavy atom. The van der Waals surface area contributed by atoms with E-state index in [0.29, 0.717) is 19.3 Å². The van der Waals surface area contributed by atoms with E-state index in [9.17, 15) is 40.2 Å². The SMILES string of the molecule is CC1(C)CC[C@]2(C(=O)O[C@@H]3O[C@H](CO)[C@@H](O)[C@H](O)[C@H]3O)CC[C@]3(C)C(=CC[C@@H]4[C@@]5(C)CC[C@H](O)[C@@](C)(C(=O)O)[C@@H]5CC[C@]43C)[C@@H]2C1. The van der Waals surface area contributed by atoms with Crippen molar-refractivity contribution >= 4 is 11.9 Å². The molecule has 0 radical (unpaired) electrons. The maximum Gasteiger partial charge on any atom is 0.315 e. The lowest BCUT2D eigenvalue weighted by Crippen LogP contribution is -2.66. The summed E-state index contributed by atoms with van der Waals surface area (Å²) in [6, 6.07) is 0. The van der Waals surface area contributed by atoms with Gasteiger partial charge in [0.2, 0.25) is 6.29 Å². The number of hydrogen-bond donors (Lipinski definition) is 6. The van der Waals surface area contributed by atoms with Crippen LogP contribution in [0.2, 0.25) is 0 Å². The molecule has 5 aliphatic carbocycles. The standard InChI is InChI=1S/C36H56O10/c1-31(2)13-15-36(30(44)46-28-27(41)26(40)25(39)21(18-37)45-28)16-14-33(4)19(20(36)17-31)7-8-22-32(3)11-10-24(38)35(6,29(42)43)23(32)9-12-34(22,33)5/h7,20-28,37-41H,8-18H2,1-6H3,(H,42,43)/t20-,21+,22+,23+,24-,25+,26-,27+,28-,32+,33+,34+,35-,36-/m0/s1. The molecule has 6 aliphatic rings. The third-order valence-electron chi connectivity index (χ3n) is 15.2. The van der Waals surface area contributed by atoms with Crippen molar-refractivity contribution in [2.24, 2.45) is 50.2 Å². The Morgan fingerprint density at radius 3 is 2.20 bits per heavy atom. The third kappa shape index (κ3) is 4.49. The molecule has 1 aliphatic heterocycles. The Bertz CT molecular complexity index is 1280. The molecule has 0 aromatic carbocycles. The van der Waals surface area contributed by atoms with Crippen molar-refractivity contribution in [3.63, 3.8) is 0 Å². The van der Waals surface area contributed by atoms with E-state index in [1.54, 1.807) is 6.92 Å². The third-order valence-corrected chi connectivity index (χ3v) is 15.2. The summed E-state index contributed by atoms with van der Waals surface area (Å²) in [7, 11) is 0. The second kappa shape index (κ2) is 11.0. The minimum absolute atomic E-state index is 0.0130. The number of aliphatic hydroxyl groups is 5. The monoisotopic (exact) mass is 648 g/mol. The molecular formula is C36H56O10. The van der Waals surface area contributed by atoms with Crippen molar-refractivity contribution in [2.45, 2.75) is 143 Å². The van der Waals surface area contributed by atoms with Gasteiger partial charge in [0.1, 0.15) is 24.4 Å². The van der Waals surface area contributed by atoms with Gasteiger partial charge in [0.15, 0.2) is 0 Å². The van der Waals surface area contributed by atoms with Crippen LogP contribution in [0.5, 0.6) is 0 Å². The molecule has 6 rings (SSSR count). The highest BCUT2D eigenvalue weighted by atomic mass is 16.7. The summed E-state index contributed by atoms with van der Waals surface area (Å²) < 4.78 is 11.5. The molecule has 0 unspecified atom stereocenters. The van der Waals surface area contributed by atoms with E-state index in [1.807, 2.05) is 0 Å². The predicted molar refractivity (Wildman–Crippen MR) is 167 cm³/mol. The highest BCUT2D eigenvalue weighted by molar-refractivity contribution is 5.79. The van der Waals surface area contributed by atoms with Gasteiger partial charge >= 0.3 is 11.9 Å². The van der Waals surface area contributed by atoms with Gasteiger partial charge in [-0.2, -0.15) is 0 Å². The van der Waals surface area contributed by atoms with E-state index in [0.717, 1.165) is 44.9 Å². The van der Waals surface area contributed by atoms with Crippen LogP contribution in [-0.4, -0.2) is 86.0 Å². The number of aliphatic carboxylic acids is 1. The van der Waals surface area contributed by atoms with Gasteiger partial charge in [-0.3, -0.25) is 9.59 Å². The van der Waals surface area contributed by atoms with Gasteiger partial charge in [-0.1, -0.05) is 46.3 Å². The molecule has 46 heavy (non-hydrogen) atoms. The molecule has 5 fully saturated rings. The van der Waals surface area contributed by atoms with Gasteiger partial charge in [0.05, 0.1) is 23.5 Å². The number of carbonyl (C=O) groups is 2. The van der Waals surface area contributed by atoms with Crippen molar-refractivity contribution in [1.29, 1.82) is 0 Å². The molecule has 10 heteroatoms. The van der Waals surface area contributed by atoms with E-state index in [1.165, 1.54) is 5.57 Å². The van der Waals surface area contributed by atoms with Gasteiger partial charge in [0.25, 0.3) is 0 Å². The molecule has 1 saturated heterocycles. The van der Waals surface area contributed by atoms with Crippen molar-refractivity contribution < 1.29 is 49.7 Å². The molecule has 0 aromatic heterocycles. The number of carboxylic acids is 1. The van der Waals surface area contributed by atoms with Gasteiger partial charge in [-0.05, 0) is 111 Å². The summed E-state index contributed by atoms with van der Waals surface area (Å²) in [5.74, 6) is -1.40. The van der Waals surface area contributed by atoms with Gasteiger partial charge in [-0.25, -0.2) is 0 Å². The molecule has 0 bridgehead atoms. The second-order valence-electron chi connectivity index (χ2n) is 17.6. The minimum atomic E-state index is -1.65. The normalized spacial score (nSPS) is 53.0. The fourth-order valence-electron chi connectivity index (χ4n) is 12.0. The molecule has 260 valence electrons. The molecular weight excluding hydrogens is 592 g/mol. The average molecular weight is 649 g/mol. The molecule has 4 saturated carbocycles. The first-order valence-electron chi connectivity index (χ1n) is 17.5. The molecule has 0 aromatic rings. The van der Waals surface area contributed by atoms with Crippen LogP contribution < -0.4 is 0 Å². The largest absolute Gasteiger partial charge is 0.481 e. The van der Waals surface area contributed by atoms with Crippen LogP contribution in [0.15, 0.2) is 11.6 Å². The Labute approximate surface area is 272 Å². The number of fused-ring (bicyclic) bond motifs is 7. The number of hydrogen-bond acceptors (Lipinski definition) is 9. The number of carboxylic acid groups (broad SMARTS) is 1. The maximum atomic E-state index is 14.4. The van der Waals surface area contributed by atoms with Gasteiger partial charge in [-0.15, -0.1) is 0 Å².